The molecule has 0 bridgehead atoms. The van der Waals surface area contributed by atoms with E-state index < -0.39 is 0 Å². The van der Waals surface area contributed by atoms with Crippen LogP contribution in [-0.4, -0.2) is 15.7 Å². The van der Waals surface area contributed by atoms with E-state index in [0.29, 0.717) is 11.2 Å². The number of benzene rings is 3. The lowest BCUT2D eigenvalue weighted by atomic mass is 9.92. The van der Waals surface area contributed by atoms with Crippen LogP contribution in [0.1, 0.15) is 101 Å². The van der Waals surface area contributed by atoms with Crippen LogP contribution in [0.5, 0.6) is 0 Å². The van der Waals surface area contributed by atoms with Gasteiger partial charge in [0.25, 0.3) is 0 Å². The summed E-state index contributed by atoms with van der Waals surface area (Å²) < 4.78 is 0. The monoisotopic (exact) mass is 594 g/mol. The quantitative estimate of drug-likeness (QED) is 0.213. The molecule has 0 unspecified atom stereocenters. The summed E-state index contributed by atoms with van der Waals surface area (Å²) in [6, 6.07) is 14.4. The Balaban J connectivity index is 0.000000512. The van der Waals surface area contributed by atoms with Gasteiger partial charge in [-0.3, -0.25) is 0 Å². The summed E-state index contributed by atoms with van der Waals surface area (Å²) in [6.45, 7) is 26.6. The molecule has 0 amide bonds. The van der Waals surface area contributed by atoms with Gasteiger partial charge in [0.1, 0.15) is 0 Å². The molecule has 40 heavy (non-hydrogen) atoms. The Labute approximate surface area is 260 Å². The molecule has 0 saturated heterocycles. The summed E-state index contributed by atoms with van der Waals surface area (Å²) in [5, 5.41) is 10.5. The van der Waals surface area contributed by atoms with Gasteiger partial charge in [-0.25, -0.2) is 0 Å². The van der Waals surface area contributed by atoms with E-state index >= 15 is 0 Å². The Hall–Kier alpha value is -1.71. The second kappa shape index (κ2) is 18.7. The van der Waals surface area contributed by atoms with Gasteiger partial charge in [-0.2, -0.15) is 11.8 Å². The highest BCUT2D eigenvalue weighted by Gasteiger charge is 2.12. The zero-order valence-corrected chi connectivity index (χ0v) is 29.3. The Kier molecular flexibility index (Phi) is 16.9. The zero-order valence-electron chi connectivity index (χ0n) is 26.9. The largest absolute Gasteiger partial charge is 0.156 e. The molecule has 0 spiro atoms. The first kappa shape index (κ1) is 36.3. The van der Waals surface area contributed by atoms with E-state index in [0.717, 1.165) is 66.5 Å². The predicted octanol–water partition coefficient (Wildman–Crippen LogP) is 12.3. The maximum Gasteiger partial charge on any atom is 0.0412 e. The molecule has 0 aliphatic rings. The van der Waals surface area contributed by atoms with Crippen LogP contribution >= 0.6 is 35.1 Å². The number of thioether (sulfide) groups is 2. The third-order valence-electron chi connectivity index (χ3n) is 6.06. The lowest BCUT2D eigenvalue weighted by molar-refractivity contribution is 0.457. The van der Waals surface area contributed by atoms with Crippen molar-refractivity contribution in [3.8, 4) is 23.0 Å². The fraction of sp³-hybridized carbons (Fsp3) is 0.514. The minimum atomic E-state index is 0.472. The van der Waals surface area contributed by atoms with E-state index in [1.807, 2.05) is 23.9 Å². The highest BCUT2D eigenvalue weighted by molar-refractivity contribution is 8.04. The van der Waals surface area contributed by atoms with Crippen LogP contribution in [0.15, 0.2) is 42.5 Å². The molecule has 3 heteroatoms. The minimum absolute atomic E-state index is 0.472. The minimum Gasteiger partial charge on any atom is -0.156 e. The number of hydrogen-bond donors (Lipinski definition) is 0. The van der Waals surface area contributed by atoms with Gasteiger partial charge in [-0.05, 0) is 61.8 Å². The zero-order chi connectivity index (χ0) is 30.4. The molecule has 0 nitrogen and oxygen atoms in total. The van der Waals surface area contributed by atoms with Gasteiger partial charge in [-0.1, -0.05) is 155 Å². The average molecular weight is 595 g/mol. The predicted molar refractivity (Wildman–Crippen MR) is 190 cm³/mol. The molecule has 3 aromatic carbocycles. The standard InChI is InChI=1S/C25H23ClS.C6H14S.C6H14/c1-17(2)8-7-11-22-20-9-5-6-10-21(20)24(14-15-27-18(3)4)25-16-19(26)12-13-23(22)25;1-5(2)7-6(3)4;1-5(2)6(3)4/h5-6,9-10,12-13,16-18H,8H2,1-4H3;5-6H,1-4H3;5-6H,1-4H3. The van der Waals surface area contributed by atoms with Crippen LogP contribution in [0, 0.1) is 40.8 Å². The third-order valence-corrected chi connectivity index (χ3v) is 8.07. The SMILES string of the molecule is CC(C)C(C)C.CC(C)CC#Cc1c2ccccc2c(C#CSC(C)C)c2cc(Cl)ccc12.CC(C)SC(C)C. The van der Waals surface area contributed by atoms with Crippen molar-refractivity contribution >= 4 is 56.7 Å². The van der Waals surface area contributed by atoms with Crippen LogP contribution in [0.3, 0.4) is 0 Å². The molecular weight excluding hydrogens is 544 g/mol. The first-order valence-electron chi connectivity index (χ1n) is 14.7. The first-order chi connectivity index (χ1) is 18.7. The van der Waals surface area contributed by atoms with Gasteiger partial charge >= 0.3 is 0 Å². The number of halogens is 1. The number of hydrogen-bond acceptors (Lipinski definition) is 2. The maximum atomic E-state index is 6.34. The maximum absolute atomic E-state index is 6.34. The molecule has 3 aromatic rings. The van der Waals surface area contributed by atoms with Gasteiger partial charge in [0.2, 0.25) is 0 Å². The Morgan fingerprint density at radius 3 is 1.55 bits per heavy atom. The van der Waals surface area contributed by atoms with E-state index in [2.05, 4.69) is 136 Å². The summed E-state index contributed by atoms with van der Waals surface area (Å²) in [7, 11) is 0. The molecule has 3 rings (SSSR count). The lowest BCUT2D eigenvalue weighted by Gasteiger charge is -2.11. The smallest absolute Gasteiger partial charge is 0.0412 e. The molecule has 0 fully saturated rings. The summed E-state index contributed by atoms with van der Waals surface area (Å²) in [6.07, 6.45) is 0.885. The fourth-order valence-electron chi connectivity index (χ4n) is 3.51. The summed E-state index contributed by atoms with van der Waals surface area (Å²) in [5.41, 5.74) is 2.10. The van der Waals surface area contributed by atoms with Crippen LogP contribution in [0.25, 0.3) is 21.5 Å². The van der Waals surface area contributed by atoms with E-state index in [9.17, 15) is 0 Å². The second-order valence-corrected chi connectivity index (χ2v) is 16.0. The lowest BCUT2D eigenvalue weighted by Crippen LogP contribution is -1.95. The van der Waals surface area contributed by atoms with Crippen molar-refractivity contribution in [1.82, 2.24) is 0 Å². The molecule has 218 valence electrons. The average Bonchev–Trinajstić information content (AvgIpc) is 2.84. The molecular formula is C37H51ClS2. The van der Waals surface area contributed by atoms with Crippen LogP contribution in [0.4, 0.5) is 0 Å². The Bertz CT molecular complexity index is 1300. The highest BCUT2D eigenvalue weighted by atomic mass is 35.5. The van der Waals surface area contributed by atoms with Crippen molar-refractivity contribution < 1.29 is 0 Å². The molecule has 0 aliphatic carbocycles. The molecule has 0 aliphatic heterocycles. The number of rotatable bonds is 5. The van der Waals surface area contributed by atoms with Crippen molar-refractivity contribution in [3.63, 3.8) is 0 Å². The second-order valence-electron chi connectivity index (χ2n) is 12.0. The molecule has 0 radical (unpaired) electrons. The van der Waals surface area contributed by atoms with Gasteiger partial charge < -0.3 is 0 Å². The third kappa shape index (κ3) is 13.3. The van der Waals surface area contributed by atoms with Crippen molar-refractivity contribution in [3.05, 3.63) is 58.6 Å². The molecule has 0 heterocycles. The summed E-state index contributed by atoms with van der Waals surface area (Å²) >= 11 is 9.99. The normalized spacial score (nSPS) is 10.9. The van der Waals surface area contributed by atoms with E-state index in [4.69, 9.17) is 11.6 Å². The van der Waals surface area contributed by atoms with Gasteiger partial charge in [0, 0.05) is 33.2 Å². The van der Waals surface area contributed by atoms with Crippen molar-refractivity contribution in [2.24, 2.45) is 17.8 Å². The first-order valence-corrected chi connectivity index (χ1v) is 16.9. The topological polar surface area (TPSA) is 0 Å². The molecule has 0 N–H and O–H groups in total. The van der Waals surface area contributed by atoms with E-state index in [1.54, 1.807) is 11.8 Å². The molecule has 0 aromatic heterocycles. The summed E-state index contributed by atoms with van der Waals surface area (Å²) in [4.78, 5) is 0. The highest BCUT2D eigenvalue weighted by Crippen LogP contribution is 2.34. The van der Waals surface area contributed by atoms with Crippen LogP contribution in [-0.2, 0) is 0 Å². The van der Waals surface area contributed by atoms with Gasteiger partial charge in [0.15, 0.2) is 0 Å². The van der Waals surface area contributed by atoms with Crippen molar-refractivity contribution in [1.29, 1.82) is 0 Å². The fourth-order valence-corrected chi connectivity index (χ4v) is 5.16. The van der Waals surface area contributed by atoms with Gasteiger partial charge in [-0.15, -0.1) is 0 Å². The number of fused-ring (bicyclic) bond motifs is 2. The van der Waals surface area contributed by atoms with Gasteiger partial charge in [0.05, 0.1) is 0 Å². The van der Waals surface area contributed by atoms with Crippen molar-refractivity contribution in [2.75, 3.05) is 0 Å². The van der Waals surface area contributed by atoms with E-state index in [-0.39, 0.29) is 0 Å². The van der Waals surface area contributed by atoms with Crippen LogP contribution < -0.4 is 0 Å². The van der Waals surface area contributed by atoms with Crippen molar-refractivity contribution in [2.45, 2.75) is 105 Å². The molecule has 0 saturated carbocycles. The Morgan fingerprint density at radius 2 is 1.12 bits per heavy atom. The summed E-state index contributed by atoms with van der Waals surface area (Å²) in [5.74, 6) is 12.4. The van der Waals surface area contributed by atoms with Crippen LogP contribution in [0.2, 0.25) is 5.02 Å². The Morgan fingerprint density at radius 1 is 0.625 bits per heavy atom. The van der Waals surface area contributed by atoms with E-state index in [1.165, 1.54) is 0 Å². The molecule has 0 atom stereocenters.